The Kier molecular flexibility index (Phi) is 7.51. The highest BCUT2D eigenvalue weighted by atomic mass is 28.4. The van der Waals surface area contributed by atoms with Gasteiger partial charge in [0.25, 0.3) is 8.32 Å². The average Bonchev–Trinajstić information content (AvgIpc) is 3.46. The number of carbonyl (C=O) groups excluding carboxylic acids is 1. The van der Waals surface area contributed by atoms with Gasteiger partial charge in [-0.15, -0.1) is 0 Å². The number of para-hydroxylation sites is 2. The molecular weight excluding hydrogens is 587 g/mol. The molecular formula is C39H35N3O3Si. The van der Waals surface area contributed by atoms with E-state index in [1.807, 2.05) is 54.6 Å². The summed E-state index contributed by atoms with van der Waals surface area (Å²) in [6.07, 6.45) is 0. The van der Waals surface area contributed by atoms with Gasteiger partial charge in [-0.25, -0.2) is 14.8 Å². The zero-order chi connectivity index (χ0) is 31.9. The molecule has 0 saturated heterocycles. The number of aromatic amines is 1. The van der Waals surface area contributed by atoms with Gasteiger partial charge in [-0.1, -0.05) is 118 Å². The zero-order valence-corrected chi connectivity index (χ0v) is 27.4. The van der Waals surface area contributed by atoms with Crippen LogP contribution >= 0.6 is 0 Å². The summed E-state index contributed by atoms with van der Waals surface area (Å²) >= 11 is 0. The number of nitrogens with zero attached hydrogens (tertiary/aromatic N) is 2. The molecule has 3 aromatic heterocycles. The molecule has 0 unspecified atom stereocenters. The monoisotopic (exact) mass is 621 g/mol. The number of hydrogen-bond donors (Lipinski definition) is 1. The second-order valence-corrected chi connectivity index (χ2v) is 16.9. The number of fused-ring (bicyclic) bond motifs is 4. The Morgan fingerprint density at radius 2 is 1.37 bits per heavy atom. The molecule has 7 heteroatoms. The van der Waals surface area contributed by atoms with Crippen LogP contribution in [0.3, 0.4) is 0 Å². The lowest BCUT2D eigenvalue weighted by molar-refractivity contribution is 0.0594. The van der Waals surface area contributed by atoms with Crippen molar-refractivity contribution < 1.29 is 14.0 Å². The third-order valence-corrected chi connectivity index (χ3v) is 13.8. The molecule has 0 aliphatic rings. The lowest BCUT2D eigenvalue weighted by Crippen LogP contribution is -2.66. The highest BCUT2D eigenvalue weighted by Crippen LogP contribution is 2.39. The first kappa shape index (κ1) is 29.6. The van der Waals surface area contributed by atoms with Gasteiger partial charge in [0.15, 0.2) is 0 Å². The molecule has 0 bridgehead atoms. The second-order valence-electron chi connectivity index (χ2n) is 12.6. The molecule has 0 aliphatic carbocycles. The van der Waals surface area contributed by atoms with Crippen molar-refractivity contribution in [3.8, 4) is 11.4 Å². The fourth-order valence-corrected chi connectivity index (χ4v) is 11.2. The summed E-state index contributed by atoms with van der Waals surface area (Å²) in [5.41, 5.74) is 4.96. The highest BCUT2D eigenvalue weighted by Gasteiger charge is 2.50. The number of methoxy groups -OCH3 is 1. The molecule has 0 amide bonds. The average molecular weight is 622 g/mol. The predicted molar refractivity (Wildman–Crippen MR) is 188 cm³/mol. The van der Waals surface area contributed by atoms with E-state index in [0.717, 1.165) is 38.3 Å². The van der Waals surface area contributed by atoms with Crippen molar-refractivity contribution in [3.63, 3.8) is 0 Å². The lowest BCUT2D eigenvalue weighted by atomic mass is 10.0. The molecule has 4 aromatic carbocycles. The minimum Gasteiger partial charge on any atom is -0.464 e. The number of rotatable bonds is 7. The summed E-state index contributed by atoms with van der Waals surface area (Å²) in [5, 5.41) is 5.09. The number of H-pyrrole nitrogens is 1. The summed E-state index contributed by atoms with van der Waals surface area (Å²) in [4.78, 5) is 26.6. The van der Waals surface area contributed by atoms with Crippen LogP contribution in [0.4, 0.5) is 0 Å². The Balaban J connectivity index is 1.47. The first-order valence-electron chi connectivity index (χ1n) is 15.4. The number of carbonyl (C=O) groups is 1. The zero-order valence-electron chi connectivity index (χ0n) is 26.4. The predicted octanol–water partition coefficient (Wildman–Crippen LogP) is 7.79. The highest BCUT2D eigenvalue weighted by molar-refractivity contribution is 6.99. The molecule has 7 aromatic rings. The summed E-state index contributed by atoms with van der Waals surface area (Å²) in [5.74, 6) is -0.501. The lowest BCUT2D eigenvalue weighted by Gasteiger charge is -2.43. The van der Waals surface area contributed by atoms with E-state index in [4.69, 9.17) is 19.1 Å². The van der Waals surface area contributed by atoms with E-state index in [1.54, 1.807) is 6.07 Å². The van der Waals surface area contributed by atoms with Crippen LogP contribution in [0.2, 0.25) is 5.04 Å². The van der Waals surface area contributed by atoms with Crippen LogP contribution in [0.5, 0.6) is 0 Å². The van der Waals surface area contributed by atoms with Crippen molar-refractivity contribution in [2.24, 2.45) is 0 Å². The third-order valence-electron chi connectivity index (χ3n) is 8.78. The van der Waals surface area contributed by atoms with Gasteiger partial charge in [-0.2, -0.15) is 0 Å². The van der Waals surface area contributed by atoms with Crippen LogP contribution in [0, 0.1) is 0 Å². The van der Waals surface area contributed by atoms with Gasteiger partial charge >= 0.3 is 5.97 Å². The summed E-state index contributed by atoms with van der Waals surface area (Å²) in [7, 11) is -1.49. The molecule has 1 N–H and O–H groups in total. The molecule has 0 aliphatic heterocycles. The largest absolute Gasteiger partial charge is 0.464 e. The van der Waals surface area contributed by atoms with Crippen LogP contribution in [0.15, 0.2) is 121 Å². The van der Waals surface area contributed by atoms with E-state index in [9.17, 15) is 4.79 Å². The fraction of sp³-hybridized carbons (Fsp3) is 0.154. The molecule has 6 nitrogen and oxygen atoms in total. The molecule has 0 saturated carbocycles. The quantitative estimate of drug-likeness (QED) is 0.145. The molecule has 46 heavy (non-hydrogen) atoms. The van der Waals surface area contributed by atoms with Gasteiger partial charge in [0, 0.05) is 27.2 Å². The van der Waals surface area contributed by atoms with Gasteiger partial charge in [-0.05, 0) is 39.7 Å². The SMILES string of the molecule is COC(=O)c1cc2c([nH]c3ccccc32)c(-c2nc3ccccc3cc2CO[Si](c2ccccc2)(c2ccccc2)C(C)(C)C)n1. The third kappa shape index (κ3) is 4.98. The maximum Gasteiger partial charge on any atom is 0.356 e. The van der Waals surface area contributed by atoms with E-state index in [1.165, 1.54) is 17.5 Å². The number of esters is 1. The Labute approximate surface area is 269 Å². The molecule has 3 heterocycles. The molecule has 0 atom stereocenters. The standard InChI is InChI=1S/C39H35N3O3Si/c1-39(2,3)46(28-16-7-5-8-17-28,29-18-9-6-10-19-29)45-25-27-23-26-15-11-13-21-32(26)40-35(27)37-36-31(24-34(42-37)38(43)44-4)30-20-12-14-22-33(30)41-36/h5-24,41H,25H2,1-4H3. The topological polar surface area (TPSA) is 77.1 Å². The maximum absolute atomic E-state index is 12.9. The van der Waals surface area contributed by atoms with E-state index in [-0.39, 0.29) is 10.7 Å². The van der Waals surface area contributed by atoms with Gasteiger partial charge in [0.2, 0.25) is 0 Å². The number of pyridine rings is 2. The van der Waals surface area contributed by atoms with E-state index < -0.39 is 14.3 Å². The van der Waals surface area contributed by atoms with Gasteiger partial charge in [-0.3, -0.25) is 0 Å². The number of aromatic nitrogens is 3. The minimum atomic E-state index is -2.87. The fourth-order valence-electron chi connectivity index (χ4n) is 6.65. The van der Waals surface area contributed by atoms with Crippen molar-refractivity contribution in [3.05, 3.63) is 133 Å². The number of ether oxygens (including phenoxy) is 1. The maximum atomic E-state index is 12.9. The molecule has 0 radical (unpaired) electrons. The van der Waals surface area contributed by atoms with Crippen LogP contribution in [-0.4, -0.2) is 36.3 Å². The van der Waals surface area contributed by atoms with Gasteiger partial charge in [0.1, 0.15) is 11.4 Å². The molecule has 7 rings (SSSR count). The number of benzene rings is 4. The van der Waals surface area contributed by atoms with E-state index in [2.05, 4.69) is 86.4 Å². The minimum absolute atomic E-state index is 0.201. The Morgan fingerprint density at radius 3 is 2.04 bits per heavy atom. The normalized spacial score (nSPS) is 12.2. The van der Waals surface area contributed by atoms with Crippen molar-refractivity contribution in [1.82, 2.24) is 15.0 Å². The van der Waals surface area contributed by atoms with Crippen molar-refractivity contribution in [1.29, 1.82) is 0 Å². The smallest absolute Gasteiger partial charge is 0.356 e. The first-order valence-corrected chi connectivity index (χ1v) is 17.3. The number of hydrogen-bond acceptors (Lipinski definition) is 5. The Morgan fingerprint density at radius 1 is 0.739 bits per heavy atom. The Hall–Kier alpha value is -5.11. The van der Waals surface area contributed by atoms with Gasteiger partial charge in [0.05, 0.1) is 30.4 Å². The molecule has 0 fully saturated rings. The van der Waals surface area contributed by atoms with E-state index >= 15 is 0 Å². The molecule has 228 valence electrons. The summed E-state index contributed by atoms with van der Waals surface area (Å²) < 4.78 is 12.5. The summed E-state index contributed by atoms with van der Waals surface area (Å²) in [6, 6.07) is 41.3. The summed E-state index contributed by atoms with van der Waals surface area (Å²) in [6.45, 7) is 7.11. The Bertz CT molecular complexity index is 2170. The second kappa shape index (κ2) is 11.7. The van der Waals surface area contributed by atoms with Crippen LogP contribution < -0.4 is 10.4 Å². The van der Waals surface area contributed by atoms with Crippen LogP contribution in [0.1, 0.15) is 36.8 Å². The van der Waals surface area contributed by atoms with E-state index in [0.29, 0.717) is 18.0 Å². The first-order chi connectivity index (χ1) is 22.3. The molecule has 0 spiro atoms. The van der Waals surface area contributed by atoms with Gasteiger partial charge < -0.3 is 14.1 Å². The van der Waals surface area contributed by atoms with Crippen molar-refractivity contribution >= 4 is 57.4 Å². The number of nitrogens with one attached hydrogen (secondary N) is 1. The van der Waals surface area contributed by atoms with Crippen molar-refractivity contribution in [2.45, 2.75) is 32.4 Å². The van der Waals surface area contributed by atoms with Crippen LogP contribution in [-0.2, 0) is 15.8 Å². The van der Waals surface area contributed by atoms with Crippen LogP contribution in [0.25, 0.3) is 44.1 Å². The van der Waals surface area contributed by atoms with Crippen molar-refractivity contribution in [2.75, 3.05) is 7.11 Å².